The van der Waals surface area contributed by atoms with Gasteiger partial charge in [-0.2, -0.15) is 0 Å². The largest absolute Gasteiger partial charge is 0.489 e. The highest BCUT2D eigenvalue weighted by atomic mass is 28.4. The summed E-state index contributed by atoms with van der Waals surface area (Å²) in [7, 11) is -2.04. The maximum atomic E-state index is 13.3. The van der Waals surface area contributed by atoms with Crippen LogP contribution in [0.1, 0.15) is 80.6 Å². The van der Waals surface area contributed by atoms with Gasteiger partial charge in [0.2, 0.25) is 0 Å². The van der Waals surface area contributed by atoms with Gasteiger partial charge in [0.1, 0.15) is 18.8 Å². The van der Waals surface area contributed by atoms with Gasteiger partial charge in [-0.05, 0) is 92.7 Å². The Hall–Kier alpha value is -4.60. The number of hydrogen-bond donors (Lipinski definition) is 1. The van der Waals surface area contributed by atoms with Gasteiger partial charge in [-0.25, -0.2) is 9.59 Å². The zero-order valence-electron chi connectivity index (χ0n) is 31.3. The Bertz CT molecular complexity index is 1730. The van der Waals surface area contributed by atoms with Crippen molar-refractivity contribution >= 4 is 26.1 Å². The number of esters is 1. The molecular weight excluding hydrogens is 659 g/mol. The highest BCUT2D eigenvalue weighted by Crippen LogP contribution is 2.39. The minimum Gasteiger partial charge on any atom is -0.489 e. The number of amides is 1. The molecule has 0 saturated carbocycles. The lowest BCUT2D eigenvalue weighted by Crippen LogP contribution is -2.40. The Morgan fingerprint density at radius 1 is 0.706 bits per heavy atom. The monoisotopic (exact) mass is 711 g/mol. The van der Waals surface area contributed by atoms with Gasteiger partial charge in [0.05, 0.1) is 18.8 Å². The van der Waals surface area contributed by atoms with E-state index in [1.165, 1.54) is 0 Å². The predicted molar refractivity (Wildman–Crippen MR) is 205 cm³/mol. The third-order valence-corrected chi connectivity index (χ3v) is 13.2. The van der Waals surface area contributed by atoms with Gasteiger partial charge in [0.25, 0.3) is 0 Å². The number of ether oxygens (including phenoxy) is 4. The lowest BCUT2D eigenvalue weighted by atomic mass is 10.0. The van der Waals surface area contributed by atoms with Gasteiger partial charge < -0.3 is 23.4 Å². The van der Waals surface area contributed by atoms with E-state index in [9.17, 15) is 9.59 Å². The second-order valence-electron chi connectivity index (χ2n) is 15.1. The fourth-order valence-electron chi connectivity index (χ4n) is 4.90. The average Bonchev–Trinajstić information content (AvgIpc) is 3.07. The second kappa shape index (κ2) is 17.6. The van der Waals surface area contributed by atoms with Crippen LogP contribution in [0.3, 0.4) is 0 Å². The molecule has 0 aliphatic rings. The van der Waals surface area contributed by atoms with Crippen molar-refractivity contribution < 1.29 is 33.0 Å². The molecule has 9 heteroatoms. The van der Waals surface area contributed by atoms with Crippen LogP contribution in [0.4, 0.5) is 10.5 Å². The van der Waals surface area contributed by atoms with Crippen LogP contribution in [0.15, 0.2) is 97.1 Å². The molecule has 4 rings (SSSR count). The van der Waals surface area contributed by atoms with Crippen LogP contribution in [0.25, 0.3) is 0 Å². The molecular formula is C42H53NO7Si. The first-order valence-corrected chi connectivity index (χ1v) is 20.4. The zero-order valence-corrected chi connectivity index (χ0v) is 32.3. The number of carbonyl (C=O) groups excluding carboxylic acids is 2. The molecule has 0 spiro atoms. The van der Waals surface area contributed by atoms with Crippen LogP contribution in [-0.4, -0.2) is 32.6 Å². The summed E-state index contributed by atoms with van der Waals surface area (Å²) in [5.41, 5.74) is 3.88. The van der Waals surface area contributed by atoms with Crippen LogP contribution >= 0.6 is 0 Å². The molecule has 0 unspecified atom stereocenters. The van der Waals surface area contributed by atoms with E-state index in [0.29, 0.717) is 55.4 Å². The molecule has 0 bridgehead atoms. The van der Waals surface area contributed by atoms with Crippen LogP contribution < -0.4 is 14.8 Å². The van der Waals surface area contributed by atoms with E-state index in [1.54, 1.807) is 39.0 Å². The zero-order chi connectivity index (χ0) is 37.1. The molecule has 4 aromatic rings. The molecule has 0 radical (unpaired) electrons. The predicted octanol–water partition coefficient (Wildman–Crippen LogP) is 10.5. The summed E-state index contributed by atoms with van der Waals surface area (Å²) in [6.07, 6.45) is 0.489. The number of benzene rings is 4. The SMILES string of the molecule is CC(C)(C)OC(=O)Nc1ccc(C(=O)OCc2ccccc2)c(CCCOc2c(CO[Si](C)(C)C(C)(C)C)cccc2OCc2ccccc2)c1. The lowest BCUT2D eigenvalue weighted by molar-refractivity contribution is 0.0471. The van der Waals surface area contributed by atoms with Gasteiger partial charge in [-0.1, -0.05) is 93.6 Å². The molecule has 0 heterocycles. The Kier molecular flexibility index (Phi) is 13.5. The van der Waals surface area contributed by atoms with E-state index < -0.39 is 26.0 Å². The Morgan fingerprint density at radius 2 is 1.35 bits per heavy atom. The number of para-hydroxylation sites is 1. The molecule has 0 aliphatic carbocycles. The standard InChI is InChI=1S/C42H53NO7Si/c1-41(2,3)50-40(45)43-35-24-25-36(39(44)48-29-32-19-13-10-14-20-32)33(27-35)22-16-26-46-38-34(30-49-51(7,8)42(4,5)6)21-15-23-37(38)47-28-31-17-11-9-12-18-31/h9-15,17-21,23-25,27H,16,22,26,28-30H2,1-8H3,(H,43,45). The van der Waals surface area contributed by atoms with Gasteiger partial charge in [-0.15, -0.1) is 0 Å². The fourth-order valence-corrected chi connectivity index (χ4v) is 5.85. The summed E-state index contributed by atoms with van der Waals surface area (Å²) in [6.45, 7) is 17.9. The smallest absolute Gasteiger partial charge is 0.412 e. The minimum absolute atomic E-state index is 0.0578. The molecule has 0 fully saturated rings. The minimum atomic E-state index is -2.04. The molecule has 0 aliphatic heterocycles. The number of aryl methyl sites for hydroxylation is 1. The van der Waals surface area contributed by atoms with Crippen LogP contribution in [-0.2, 0) is 40.1 Å². The van der Waals surface area contributed by atoms with Crippen molar-refractivity contribution in [2.75, 3.05) is 11.9 Å². The Balaban J connectivity index is 1.52. The molecule has 1 amide bonds. The highest BCUT2D eigenvalue weighted by Gasteiger charge is 2.37. The average molecular weight is 712 g/mol. The van der Waals surface area contributed by atoms with Crippen molar-refractivity contribution in [2.45, 2.75) is 97.9 Å². The summed E-state index contributed by atoms with van der Waals surface area (Å²) < 4.78 is 30.5. The maximum absolute atomic E-state index is 13.3. The van der Waals surface area contributed by atoms with Crippen molar-refractivity contribution in [3.8, 4) is 11.5 Å². The molecule has 0 atom stereocenters. The second-order valence-corrected chi connectivity index (χ2v) is 19.9. The third-order valence-electron chi connectivity index (χ3n) is 8.71. The van der Waals surface area contributed by atoms with E-state index in [-0.39, 0.29) is 11.6 Å². The van der Waals surface area contributed by atoms with Crippen LogP contribution in [0.5, 0.6) is 11.5 Å². The summed E-state index contributed by atoms with van der Waals surface area (Å²) in [5, 5.41) is 2.84. The molecule has 0 aromatic heterocycles. The first-order valence-electron chi connectivity index (χ1n) is 17.5. The Labute approximate surface area is 304 Å². The fraction of sp³-hybridized carbons (Fsp3) is 0.381. The molecule has 272 valence electrons. The van der Waals surface area contributed by atoms with E-state index in [2.05, 4.69) is 39.2 Å². The number of anilines is 1. The summed E-state index contributed by atoms with van der Waals surface area (Å²) in [5.74, 6) is 0.849. The van der Waals surface area contributed by atoms with Gasteiger partial charge >= 0.3 is 12.1 Å². The first-order chi connectivity index (χ1) is 24.1. The van der Waals surface area contributed by atoms with Crippen LogP contribution in [0, 0.1) is 0 Å². The van der Waals surface area contributed by atoms with E-state index >= 15 is 0 Å². The first kappa shape index (κ1) is 39.2. The molecule has 8 nitrogen and oxygen atoms in total. The van der Waals surface area contributed by atoms with Crippen LogP contribution in [0.2, 0.25) is 18.1 Å². The van der Waals surface area contributed by atoms with E-state index in [0.717, 1.165) is 22.3 Å². The quantitative estimate of drug-likeness (QED) is 0.0745. The van der Waals surface area contributed by atoms with E-state index in [4.69, 9.17) is 23.4 Å². The topological polar surface area (TPSA) is 92.3 Å². The van der Waals surface area contributed by atoms with Gasteiger partial charge in [0, 0.05) is 11.3 Å². The number of rotatable bonds is 15. The number of nitrogens with one attached hydrogen (secondary N) is 1. The number of hydrogen-bond acceptors (Lipinski definition) is 7. The van der Waals surface area contributed by atoms with Crippen molar-refractivity contribution in [1.82, 2.24) is 0 Å². The normalized spacial score (nSPS) is 11.8. The summed E-state index contributed by atoms with van der Waals surface area (Å²) in [4.78, 5) is 25.9. The molecule has 51 heavy (non-hydrogen) atoms. The molecule has 1 N–H and O–H groups in total. The summed E-state index contributed by atoms with van der Waals surface area (Å²) >= 11 is 0. The van der Waals surface area contributed by atoms with Crippen molar-refractivity contribution in [2.24, 2.45) is 0 Å². The van der Waals surface area contributed by atoms with Crippen molar-refractivity contribution in [3.63, 3.8) is 0 Å². The molecule has 4 aromatic carbocycles. The highest BCUT2D eigenvalue weighted by molar-refractivity contribution is 6.74. The Morgan fingerprint density at radius 3 is 1.98 bits per heavy atom. The van der Waals surface area contributed by atoms with Gasteiger partial charge in [-0.3, -0.25) is 5.32 Å². The maximum Gasteiger partial charge on any atom is 0.412 e. The van der Waals surface area contributed by atoms with Crippen molar-refractivity contribution in [3.05, 3.63) is 125 Å². The van der Waals surface area contributed by atoms with Crippen molar-refractivity contribution in [1.29, 1.82) is 0 Å². The summed E-state index contributed by atoms with van der Waals surface area (Å²) in [6, 6.07) is 30.6. The molecule has 0 saturated heterocycles. The number of carbonyl (C=O) groups is 2. The lowest BCUT2D eigenvalue weighted by Gasteiger charge is -2.36. The third kappa shape index (κ3) is 12.3. The van der Waals surface area contributed by atoms with Gasteiger partial charge in [0.15, 0.2) is 19.8 Å². The van der Waals surface area contributed by atoms with E-state index in [1.807, 2.05) is 78.9 Å².